The summed E-state index contributed by atoms with van der Waals surface area (Å²) in [5.41, 5.74) is 6.81. The minimum absolute atomic E-state index is 0.276. The molecule has 3 atom stereocenters. The Kier molecular flexibility index (Phi) is 18.6. The standard InChI is InChI=1S/C32H53N3O8/c1-2-3-4-5-6-12-22-41-31(39)28(19-18-25-14-8-7-9-15-25)34-27(16-10-11-20-33)30(38)35-21-13-17-29(35)43-32(40)42-26(23-36)24-37/h7-9,14-15,26-29,34,36-37H,2-6,10-13,16-24,33H2,1H3/t27-,28-,29-/m0/s1. The molecule has 11 heteroatoms. The molecule has 0 saturated carbocycles. The maximum absolute atomic E-state index is 13.9. The van der Waals surface area contributed by atoms with E-state index in [1.807, 2.05) is 30.3 Å². The van der Waals surface area contributed by atoms with E-state index in [1.165, 1.54) is 24.2 Å². The fourth-order valence-electron chi connectivity index (χ4n) is 5.11. The van der Waals surface area contributed by atoms with Gasteiger partial charge in [0.2, 0.25) is 5.91 Å². The third-order valence-corrected chi connectivity index (χ3v) is 7.62. The van der Waals surface area contributed by atoms with Crippen molar-refractivity contribution in [3.8, 4) is 0 Å². The number of esters is 1. The molecule has 2 rings (SSSR count). The summed E-state index contributed by atoms with van der Waals surface area (Å²) in [6.07, 6.45) is 7.46. The molecule has 0 radical (unpaired) electrons. The summed E-state index contributed by atoms with van der Waals surface area (Å²) >= 11 is 0. The van der Waals surface area contributed by atoms with E-state index in [1.54, 1.807) is 0 Å². The normalized spacial score (nSPS) is 16.2. The Balaban J connectivity index is 2.11. The van der Waals surface area contributed by atoms with Gasteiger partial charge in [-0.3, -0.25) is 14.9 Å². The van der Waals surface area contributed by atoms with Crippen LogP contribution >= 0.6 is 0 Å². The highest BCUT2D eigenvalue weighted by Gasteiger charge is 2.37. The summed E-state index contributed by atoms with van der Waals surface area (Å²) in [5, 5.41) is 21.7. The average Bonchev–Trinajstić information content (AvgIpc) is 3.48. The molecular weight excluding hydrogens is 554 g/mol. The van der Waals surface area contributed by atoms with Crippen LogP contribution in [0, 0.1) is 0 Å². The van der Waals surface area contributed by atoms with Gasteiger partial charge in [0.25, 0.3) is 0 Å². The van der Waals surface area contributed by atoms with Gasteiger partial charge in [-0.25, -0.2) is 4.79 Å². The van der Waals surface area contributed by atoms with Gasteiger partial charge in [-0.05, 0) is 50.6 Å². The van der Waals surface area contributed by atoms with Crippen molar-refractivity contribution >= 4 is 18.0 Å². The second-order valence-corrected chi connectivity index (χ2v) is 11.1. The van der Waals surface area contributed by atoms with Gasteiger partial charge in [-0.2, -0.15) is 0 Å². The first kappa shape index (κ1) is 36.5. The summed E-state index contributed by atoms with van der Waals surface area (Å²) < 4.78 is 16.0. The number of carbonyl (C=O) groups is 3. The zero-order valence-corrected chi connectivity index (χ0v) is 25.8. The number of rotatable bonds is 22. The molecule has 0 aliphatic carbocycles. The van der Waals surface area contributed by atoms with Gasteiger partial charge in [-0.1, -0.05) is 75.8 Å². The van der Waals surface area contributed by atoms with Crippen LogP contribution in [0.2, 0.25) is 0 Å². The molecule has 1 aliphatic heterocycles. The zero-order chi connectivity index (χ0) is 31.3. The highest BCUT2D eigenvalue weighted by atomic mass is 16.7. The van der Waals surface area contributed by atoms with Gasteiger partial charge in [-0.15, -0.1) is 0 Å². The van der Waals surface area contributed by atoms with Gasteiger partial charge in [0.05, 0.1) is 25.9 Å². The van der Waals surface area contributed by atoms with E-state index < -0.39 is 43.8 Å². The number of nitrogens with zero attached hydrogens (tertiary/aromatic N) is 1. The lowest BCUT2D eigenvalue weighted by molar-refractivity contribution is -0.148. The Morgan fingerprint density at radius 2 is 1.70 bits per heavy atom. The fraction of sp³-hybridized carbons (Fsp3) is 0.719. The van der Waals surface area contributed by atoms with Crippen LogP contribution in [-0.4, -0.2) is 90.5 Å². The molecule has 1 fully saturated rings. The first-order valence-corrected chi connectivity index (χ1v) is 16.0. The van der Waals surface area contributed by atoms with Gasteiger partial charge >= 0.3 is 12.1 Å². The average molecular weight is 608 g/mol. The van der Waals surface area contributed by atoms with E-state index in [2.05, 4.69) is 12.2 Å². The number of ether oxygens (including phenoxy) is 3. The van der Waals surface area contributed by atoms with Gasteiger partial charge in [0.1, 0.15) is 6.04 Å². The Labute approximate surface area is 256 Å². The molecular formula is C32H53N3O8. The molecule has 1 aliphatic rings. The van der Waals surface area contributed by atoms with E-state index in [4.69, 9.17) is 19.9 Å². The van der Waals surface area contributed by atoms with Gasteiger partial charge < -0.3 is 35.1 Å². The molecule has 0 aromatic heterocycles. The zero-order valence-electron chi connectivity index (χ0n) is 25.8. The van der Waals surface area contributed by atoms with Crippen LogP contribution in [0.15, 0.2) is 30.3 Å². The van der Waals surface area contributed by atoms with E-state index in [0.29, 0.717) is 58.2 Å². The molecule has 1 aromatic carbocycles. The number of amides is 1. The number of aliphatic hydroxyl groups excluding tert-OH is 2. The van der Waals surface area contributed by atoms with Crippen molar-refractivity contribution in [3.05, 3.63) is 35.9 Å². The largest absolute Gasteiger partial charge is 0.510 e. The molecule has 1 heterocycles. The third-order valence-electron chi connectivity index (χ3n) is 7.62. The van der Waals surface area contributed by atoms with Crippen molar-refractivity contribution in [2.45, 2.75) is 115 Å². The predicted octanol–water partition coefficient (Wildman–Crippen LogP) is 3.43. The fourth-order valence-corrected chi connectivity index (χ4v) is 5.11. The predicted molar refractivity (Wildman–Crippen MR) is 163 cm³/mol. The molecule has 0 spiro atoms. The smallest absolute Gasteiger partial charge is 0.465 e. The van der Waals surface area contributed by atoms with Crippen molar-refractivity contribution in [1.82, 2.24) is 10.2 Å². The van der Waals surface area contributed by atoms with Crippen LogP contribution in [0.4, 0.5) is 4.79 Å². The molecule has 43 heavy (non-hydrogen) atoms. The maximum atomic E-state index is 13.9. The number of unbranched alkanes of at least 4 members (excludes halogenated alkanes) is 6. The minimum atomic E-state index is -1.10. The number of nitrogens with two attached hydrogens (primary N) is 1. The lowest BCUT2D eigenvalue weighted by Crippen LogP contribution is -2.54. The van der Waals surface area contributed by atoms with Crippen LogP contribution in [0.1, 0.15) is 89.5 Å². The van der Waals surface area contributed by atoms with Crippen LogP contribution < -0.4 is 11.1 Å². The molecule has 11 nitrogen and oxygen atoms in total. The lowest BCUT2D eigenvalue weighted by atomic mass is 10.0. The number of aliphatic hydroxyl groups is 2. The SMILES string of the molecule is CCCCCCCCOC(=O)[C@H](CCc1ccccc1)N[C@@H](CCCCN)C(=O)N1CCC[C@@H]1OC(=O)OC(CO)CO. The van der Waals surface area contributed by atoms with Gasteiger partial charge in [0, 0.05) is 13.0 Å². The lowest BCUT2D eigenvalue weighted by Gasteiger charge is -2.31. The summed E-state index contributed by atoms with van der Waals surface area (Å²) in [6, 6.07) is 8.45. The Morgan fingerprint density at radius 1 is 0.977 bits per heavy atom. The molecule has 1 amide bonds. The third kappa shape index (κ3) is 14.1. The summed E-state index contributed by atoms with van der Waals surface area (Å²) in [4.78, 5) is 40.9. The Morgan fingerprint density at radius 3 is 2.40 bits per heavy atom. The molecule has 1 aromatic rings. The highest BCUT2D eigenvalue weighted by molar-refractivity contribution is 5.84. The van der Waals surface area contributed by atoms with E-state index >= 15 is 0 Å². The molecule has 1 saturated heterocycles. The van der Waals surface area contributed by atoms with E-state index in [9.17, 15) is 24.6 Å². The number of nitrogens with one attached hydrogen (secondary N) is 1. The topological polar surface area (TPSA) is 161 Å². The monoisotopic (exact) mass is 607 g/mol. The number of hydrogen-bond donors (Lipinski definition) is 4. The minimum Gasteiger partial charge on any atom is -0.465 e. The van der Waals surface area contributed by atoms with Crippen LogP contribution in [0.3, 0.4) is 0 Å². The summed E-state index contributed by atoms with van der Waals surface area (Å²) in [5.74, 6) is -0.653. The van der Waals surface area contributed by atoms with Crippen molar-refractivity contribution < 1.29 is 38.8 Å². The first-order chi connectivity index (χ1) is 20.9. The summed E-state index contributed by atoms with van der Waals surface area (Å²) in [7, 11) is 0. The number of carbonyl (C=O) groups excluding carboxylic acids is 3. The number of benzene rings is 1. The maximum Gasteiger partial charge on any atom is 0.510 e. The van der Waals surface area contributed by atoms with Gasteiger partial charge in [0.15, 0.2) is 12.3 Å². The number of likely N-dealkylation sites (tertiary alicyclic amines) is 1. The van der Waals surface area contributed by atoms with E-state index in [-0.39, 0.29) is 11.9 Å². The number of aryl methyl sites for hydroxylation is 1. The van der Waals surface area contributed by atoms with Crippen molar-refractivity contribution in [2.75, 3.05) is 32.9 Å². The Bertz CT molecular complexity index is 915. The molecule has 0 bridgehead atoms. The molecule has 0 unspecified atom stereocenters. The molecule has 5 N–H and O–H groups in total. The van der Waals surface area contributed by atoms with Crippen LogP contribution in [-0.2, 0) is 30.2 Å². The van der Waals surface area contributed by atoms with Crippen LogP contribution in [0.25, 0.3) is 0 Å². The van der Waals surface area contributed by atoms with Crippen molar-refractivity contribution in [2.24, 2.45) is 5.73 Å². The van der Waals surface area contributed by atoms with E-state index in [0.717, 1.165) is 31.2 Å². The summed E-state index contributed by atoms with van der Waals surface area (Å²) in [6.45, 7) is 2.28. The molecule has 244 valence electrons. The Hall–Kier alpha value is -2.73. The second kappa shape index (κ2) is 21.9. The number of hydrogen-bond acceptors (Lipinski definition) is 10. The highest BCUT2D eigenvalue weighted by Crippen LogP contribution is 2.22. The van der Waals surface area contributed by atoms with Crippen molar-refractivity contribution in [3.63, 3.8) is 0 Å². The van der Waals surface area contributed by atoms with Crippen LogP contribution in [0.5, 0.6) is 0 Å². The first-order valence-electron chi connectivity index (χ1n) is 16.0. The second-order valence-electron chi connectivity index (χ2n) is 11.1. The quantitative estimate of drug-likeness (QED) is 0.114. The van der Waals surface area contributed by atoms with Crippen molar-refractivity contribution in [1.29, 1.82) is 0 Å².